The Labute approximate surface area is 105 Å². The number of rotatable bonds is 3. The number of hydrogen-bond donors (Lipinski definition) is 1. The van der Waals surface area contributed by atoms with Crippen LogP contribution in [0.2, 0.25) is 0 Å². The highest BCUT2D eigenvalue weighted by Gasteiger charge is 2.53. The maximum atomic E-state index is 12.0. The Morgan fingerprint density at radius 2 is 1.88 bits per heavy atom. The summed E-state index contributed by atoms with van der Waals surface area (Å²) in [5, 5.41) is 9.09. The first-order valence-electron chi connectivity index (χ1n) is 5.32. The lowest BCUT2D eigenvalue weighted by Gasteiger charge is -2.45. The second-order valence-corrected chi connectivity index (χ2v) is 5.71. The number of amides is 1. The minimum atomic E-state index is -1.48. The number of carbonyl (C=O) groups is 3. The van der Waals surface area contributed by atoms with Gasteiger partial charge < -0.3 is 10.0 Å². The molecule has 1 aliphatic rings. The van der Waals surface area contributed by atoms with Crippen LogP contribution >= 0.6 is 11.6 Å². The smallest absolute Gasteiger partial charge is 0.334 e. The lowest BCUT2D eigenvalue weighted by Crippen LogP contribution is -2.66. The molecule has 0 bridgehead atoms. The molecule has 0 saturated carbocycles. The lowest BCUT2D eigenvalue weighted by atomic mass is 9.83. The molecule has 3 atom stereocenters. The van der Waals surface area contributed by atoms with Crippen molar-refractivity contribution in [2.75, 3.05) is 0 Å². The Kier molecular flexibility index (Phi) is 3.52. The SMILES string of the molecule is CC1C(=O)N(C(C(=O)O)C(=O)C(C)(C)C)C1Cl. The van der Waals surface area contributed by atoms with E-state index < -0.39 is 40.5 Å². The van der Waals surface area contributed by atoms with E-state index in [1.807, 2.05) is 0 Å². The van der Waals surface area contributed by atoms with Crippen molar-refractivity contribution in [3.63, 3.8) is 0 Å². The monoisotopic (exact) mass is 261 g/mol. The van der Waals surface area contributed by atoms with Gasteiger partial charge in [-0.2, -0.15) is 0 Å². The summed E-state index contributed by atoms with van der Waals surface area (Å²) in [6.07, 6.45) is 0. The van der Waals surface area contributed by atoms with Crippen LogP contribution in [0, 0.1) is 11.3 Å². The molecule has 3 unspecified atom stereocenters. The Morgan fingerprint density at radius 3 is 2.18 bits per heavy atom. The average molecular weight is 262 g/mol. The van der Waals surface area contributed by atoms with Crippen LogP contribution in [0.15, 0.2) is 0 Å². The van der Waals surface area contributed by atoms with Crippen LogP contribution in [0.3, 0.4) is 0 Å². The van der Waals surface area contributed by atoms with Gasteiger partial charge in [-0.25, -0.2) is 4.79 Å². The van der Waals surface area contributed by atoms with E-state index in [1.165, 1.54) is 0 Å². The highest BCUT2D eigenvalue weighted by molar-refractivity contribution is 6.26. The van der Waals surface area contributed by atoms with E-state index in [-0.39, 0.29) is 0 Å². The normalized spacial score (nSPS) is 26.4. The molecular weight excluding hydrogens is 246 g/mol. The van der Waals surface area contributed by atoms with Gasteiger partial charge in [0.25, 0.3) is 0 Å². The van der Waals surface area contributed by atoms with Crippen molar-refractivity contribution in [1.82, 2.24) is 4.90 Å². The molecule has 0 aliphatic carbocycles. The quantitative estimate of drug-likeness (QED) is 0.357. The Bertz CT molecular complexity index is 374. The second-order valence-electron chi connectivity index (χ2n) is 5.26. The summed E-state index contributed by atoms with van der Waals surface area (Å²) in [6, 6.07) is -1.48. The molecule has 1 heterocycles. The third kappa shape index (κ3) is 2.29. The summed E-state index contributed by atoms with van der Waals surface area (Å²) in [7, 11) is 0. The van der Waals surface area contributed by atoms with Crippen LogP contribution in [0.1, 0.15) is 27.7 Å². The van der Waals surface area contributed by atoms with E-state index in [2.05, 4.69) is 0 Å². The summed E-state index contributed by atoms with van der Waals surface area (Å²) in [5.41, 5.74) is -1.56. The lowest BCUT2D eigenvalue weighted by molar-refractivity contribution is -0.168. The zero-order valence-corrected chi connectivity index (χ0v) is 11.0. The van der Waals surface area contributed by atoms with Crippen molar-refractivity contribution in [2.45, 2.75) is 39.2 Å². The molecule has 0 aromatic rings. The average Bonchev–Trinajstić information content (AvgIpc) is 2.21. The van der Waals surface area contributed by atoms with Gasteiger partial charge in [-0.1, -0.05) is 39.3 Å². The third-order valence-corrected chi connectivity index (χ3v) is 3.41. The largest absolute Gasteiger partial charge is 0.479 e. The second kappa shape index (κ2) is 4.29. The summed E-state index contributed by atoms with van der Waals surface area (Å²) in [4.78, 5) is 35.7. The van der Waals surface area contributed by atoms with Crippen LogP contribution < -0.4 is 0 Å². The van der Waals surface area contributed by atoms with Gasteiger partial charge in [-0.15, -0.1) is 0 Å². The van der Waals surface area contributed by atoms with Crippen LogP contribution in [0.25, 0.3) is 0 Å². The first-order chi connectivity index (χ1) is 7.59. The Morgan fingerprint density at radius 1 is 1.41 bits per heavy atom. The minimum Gasteiger partial charge on any atom is -0.479 e. The third-order valence-electron chi connectivity index (χ3n) is 2.82. The number of alkyl halides is 1. The molecule has 17 heavy (non-hydrogen) atoms. The topological polar surface area (TPSA) is 74.7 Å². The van der Waals surface area contributed by atoms with E-state index in [0.29, 0.717) is 0 Å². The van der Waals surface area contributed by atoms with Gasteiger partial charge in [-0.05, 0) is 0 Å². The highest BCUT2D eigenvalue weighted by Crippen LogP contribution is 2.34. The number of Topliss-reactive ketones (excluding diaryl/α,β-unsaturated/α-hetero) is 1. The van der Waals surface area contributed by atoms with Gasteiger partial charge in [0, 0.05) is 5.41 Å². The van der Waals surface area contributed by atoms with Crippen molar-refractivity contribution in [3.8, 4) is 0 Å². The predicted octanol–water partition coefficient (Wildman–Crippen LogP) is 1.10. The first kappa shape index (κ1) is 14.0. The van der Waals surface area contributed by atoms with Crippen molar-refractivity contribution >= 4 is 29.3 Å². The van der Waals surface area contributed by atoms with Gasteiger partial charge >= 0.3 is 5.97 Å². The number of hydrogen-bond acceptors (Lipinski definition) is 3. The molecule has 6 heteroatoms. The summed E-state index contributed by atoms with van der Waals surface area (Å²) < 4.78 is 0. The van der Waals surface area contributed by atoms with Crippen LogP contribution in [-0.2, 0) is 14.4 Å². The maximum absolute atomic E-state index is 12.0. The molecule has 0 aromatic carbocycles. The highest BCUT2D eigenvalue weighted by atomic mass is 35.5. The van der Waals surface area contributed by atoms with Gasteiger partial charge in [-0.3, -0.25) is 9.59 Å². The standard InChI is InChI=1S/C11H16ClNO4/c1-5-8(12)13(9(5)15)6(10(16)17)7(14)11(2,3)4/h5-6,8H,1-4H3,(H,16,17). The number of carboxylic acid groups (broad SMARTS) is 1. The summed E-state index contributed by atoms with van der Waals surface area (Å²) >= 11 is 5.88. The van der Waals surface area contributed by atoms with E-state index >= 15 is 0 Å². The van der Waals surface area contributed by atoms with Crippen LogP contribution in [0.5, 0.6) is 0 Å². The number of likely N-dealkylation sites (tertiary alicyclic amines) is 1. The zero-order valence-electron chi connectivity index (χ0n) is 10.2. The Hall–Kier alpha value is -1.10. The Balaban J connectivity index is 3.01. The van der Waals surface area contributed by atoms with Crippen molar-refractivity contribution in [1.29, 1.82) is 0 Å². The fraction of sp³-hybridized carbons (Fsp3) is 0.727. The van der Waals surface area contributed by atoms with Crippen LogP contribution in [-0.4, -0.2) is 39.2 Å². The number of aliphatic carboxylic acids is 1. The zero-order chi connectivity index (χ0) is 13.5. The molecular formula is C11H16ClNO4. The molecule has 1 saturated heterocycles. The molecule has 1 rings (SSSR count). The van der Waals surface area contributed by atoms with Gasteiger partial charge in [0.05, 0.1) is 5.92 Å². The van der Waals surface area contributed by atoms with Crippen LogP contribution in [0.4, 0.5) is 0 Å². The van der Waals surface area contributed by atoms with E-state index in [9.17, 15) is 14.4 Å². The summed E-state index contributed by atoms with van der Waals surface area (Å²) in [6.45, 7) is 6.45. The molecule has 1 amide bonds. The molecule has 1 N–H and O–H groups in total. The minimum absolute atomic E-state index is 0.394. The number of carboxylic acids is 1. The molecule has 96 valence electrons. The number of β-lactam (4-membered cyclic amide) rings is 1. The first-order valence-corrected chi connectivity index (χ1v) is 5.76. The molecule has 1 fully saturated rings. The maximum Gasteiger partial charge on any atom is 0.334 e. The fourth-order valence-electron chi connectivity index (χ4n) is 1.67. The molecule has 5 nitrogen and oxygen atoms in total. The number of nitrogens with zero attached hydrogens (tertiary/aromatic N) is 1. The van der Waals surface area contributed by atoms with Gasteiger partial charge in [0.2, 0.25) is 5.91 Å². The summed E-state index contributed by atoms with van der Waals surface area (Å²) in [5.74, 6) is -2.69. The molecule has 0 radical (unpaired) electrons. The van der Waals surface area contributed by atoms with E-state index in [0.717, 1.165) is 4.90 Å². The van der Waals surface area contributed by atoms with Gasteiger partial charge in [0.15, 0.2) is 11.8 Å². The molecule has 0 spiro atoms. The number of halogens is 1. The van der Waals surface area contributed by atoms with E-state index in [4.69, 9.17) is 16.7 Å². The number of carbonyl (C=O) groups excluding carboxylic acids is 2. The number of ketones is 1. The van der Waals surface area contributed by atoms with Crippen molar-refractivity contribution in [2.24, 2.45) is 11.3 Å². The molecule has 1 aliphatic heterocycles. The van der Waals surface area contributed by atoms with E-state index in [1.54, 1.807) is 27.7 Å². The van der Waals surface area contributed by atoms with Crippen molar-refractivity contribution in [3.05, 3.63) is 0 Å². The molecule has 0 aromatic heterocycles. The van der Waals surface area contributed by atoms with Crippen molar-refractivity contribution < 1.29 is 19.5 Å². The fourth-order valence-corrected chi connectivity index (χ4v) is 1.99. The van der Waals surface area contributed by atoms with Gasteiger partial charge in [0.1, 0.15) is 5.50 Å². The predicted molar refractivity (Wildman–Crippen MR) is 61.5 cm³/mol.